The first-order chi connectivity index (χ1) is 8.54. The van der Waals surface area contributed by atoms with Crippen LogP contribution in [0, 0.1) is 5.92 Å². The van der Waals surface area contributed by atoms with Gasteiger partial charge in [-0.1, -0.05) is 13.8 Å². The summed E-state index contributed by atoms with van der Waals surface area (Å²) in [4.78, 5) is 8.73. The highest BCUT2D eigenvalue weighted by Crippen LogP contribution is 2.20. The lowest BCUT2D eigenvalue weighted by Crippen LogP contribution is -2.03. The predicted molar refractivity (Wildman–Crippen MR) is 72.1 cm³/mol. The molecule has 0 unspecified atom stereocenters. The second-order valence-electron chi connectivity index (χ2n) is 4.75. The summed E-state index contributed by atoms with van der Waals surface area (Å²) in [5.41, 5.74) is 7.60. The van der Waals surface area contributed by atoms with E-state index in [1.54, 1.807) is 24.3 Å². The molecule has 0 aliphatic rings. The third-order valence-electron chi connectivity index (χ3n) is 2.54. The third kappa shape index (κ3) is 2.97. The van der Waals surface area contributed by atoms with Crippen molar-refractivity contribution in [2.75, 3.05) is 5.73 Å². The molecule has 1 aromatic carbocycles. The first-order valence-electron chi connectivity index (χ1n) is 5.97. The lowest BCUT2D eigenvalue weighted by Gasteiger charge is -2.08. The minimum absolute atomic E-state index is 0.227. The molecular formula is C14H17N3O. The number of nitrogens with zero attached hydrogens (tertiary/aromatic N) is 2. The van der Waals surface area contributed by atoms with Gasteiger partial charge in [0.1, 0.15) is 11.6 Å². The number of benzene rings is 1. The SMILES string of the molecule is CC(C)Cc1cc(N)nc(-c2ccc(O)cc2)n1. The Morgan fingerprint density at radius 3 is 2.44 bits per heavy atom. The van der Waals surface area contributed by atoms with Gasteiger partial charge in [-0.25, -0.2) is 9.97 Å². The van der Waals surface area contributed by atoms with Gasteiger partial charge in [0.15, 0.2) is 5.82 Å². The molecule has 2 aromatic rings. The maximum Gasteiger partial charge on any atom is 0.161 e. The van der Waals surface area contributed by atoms with Crippen molar-refractivity contribution in [1.29, 1.82) is 0 Å². The Bertz CT molecular complexity index is 535. The zero-order chi connectivity index (χ0) is 13.1. The van der Waals surface area contributed by atoms with Gasteiger partial charge in [0.2, 0.25) is 0 Å². The summed E-state index contributed by atoms with van der Waals surface area (Å²) >= 11 is 0. The lowest BCUT2D eigenvalue weighted by atomic mass is 10.1. The zero-order valence-electron chi connectivity index (χ0n) is 10.6. The fourth-order valence-electron chi connectivity index (χ4n) is 1.78. The van der Waals surface area contributed by atoms with Crippen LogP contribution in [-0.2, 0) is 6.42 Å². The van der Waals surface area contributed by atoms with Crippen LogP contribution in [0.15, 0.2) is 30.3 Å². The molecule has 0 saturated carbocycles. The summed E-state index contributed by atoms with van der Waals surface area (Å²) in [7, 11) is 0. The predicted octanol–water partition coefficient (Wildman–Crippen LogP) is 2.63. The maximum atomic E-state index is 9.27. The van der Waals surface area contributed by atoms with Crippen LogP contribution in [0.25, 0.3) is 11.4 Å². The molecule has 94 valence electrons. The molecule has 2 rings (SSSR count). The van der Waals surface area contributed by atoms with Gasteiger partial charge in [-0.3, -0.25) is 0 Å². The van der Waals surface area contributed by atoms with Crippen LogP contribution in [0.1, 0.15) is 19.5 Å². The maximum absolute atomic E-state index is 9.27. The van der Waals surface area contributed by atoms with Gasteiger partial charge in [-0.05, 0) is 36.6 Å². The van der Waals surface area contributed by atoms with Crippen LogP contribution in [0.3, 0.4) is 0 Å². The third-order valence-corrected chi connectivity index (χ3v) is 2.54. The van der Waals surface area contributed by atoms with Gasteiger partial charge in [-0.2, -0.15) is 0 Å². The molecular weight excluding hydrogens is 226 g/mol. The van der Waals surface area contributed by atoms with Crippen molar-refractivity contribution in [2.24, 2.45) is 5.92 Å². The van der Waals surface area contributed by atoms with E-state index >= 15 is 0 Å². The standard InChI is InChI=1S/C14H17N3O/c1-9(2)7-11-8-13(15)17-14(16-11)10-3-5-12(18)6-4-10/h3-6,8-9,18H,7H2,1-2H3,(H2,15,16,17). The average Bonchev–Trinajstić information content (AvgIpc) is 2.28. The summed E-state index contributed by atoms with van der Waals surface area (Å²) in [6.07, 6.45) is 0.873. The van der Waals surface area contributed by atoms with Crippen molar-refractivity contribution in [3.63, 3.8) is 0 Å². The van der Waals surface area contributed by atoms with Gasteiger partial charge in [0.25, 0.3) is 0 Å². The second kappa shape index (κ2) is 5.04. The molecule has 1 heterocycles. The zero-order valence-corrected chi connectivity index (χ0v) is 10.6. The fraction of sp³-hybridized carbons (Fsp3) is 0.286. The van der Waals surface area contributed by atoms with Gasteiger partial charge >= 0.3 is 0 Å². The highest BCUT2D eigenvalue weighted by Gasteiger charge is 2.07. The number of rotatable bonds is 3. The largest absolute Gasteiger partial charge is 0.508 e. The minimum atomic E-state index is 0.227. The van der Waals surface area contributed by atoms with Gasteiger partial charge < -0.3 is 10.8 Å². The van der Waals surface area contributed by atoms with Gasteiger partial charge in [0.05, 0.1) is 0 Å². The summed E-state index contributed by atoms with van der Waals surface area (Å²) in [5, 5.41) is 9.27. The fourth-order valence-corrected chi connectivity index (χ4v) is 1.78. The molecule has 4 heteroatoms. The first-order valence-corrected chi connectivity index (χ1v) is 5.97. The van der Waals surface area contributed by atoms with Gasteiger partial charge in [0, 0.05) is 17.3 Å². The molecule has 18 heavy (non-hydrogen) atoms. The van der Waals surface area contributed by atoms with E-state index in [1.165, 1.54) is 0 Å². The van der Waals surface area contributed by atoms with E-state index in [-0.39, 0.29) is 5.75 Å². The number of nitrogen functional groups attached to an aromatic ring is 1. The molecule has 3 N–H and O–H groups in total. The Balaban J connectivity index is 2.38. The van der Waals surface area contributed by atoms with Crippen molar-refractivity contribution >= 4 is 5.82 Å². The number of anilines is 1. The van der Waals surface area contributed by atoms with E-state index in [9.17, 15) is 5.11 Å². The smallest absolute Gasteiger partial charge is 0.161 e. The van der Waals surface area contributed by atoms with E-state index in [2.05, 4.69) is 23.8 Å². The van der Waals surface area contributed by atoms with Crippen LogP contribution in [0.2, 0.25) is 0 Å². The van der Waals surface area contributed by atoms with Crippen molar-refractivity contribution in [1.82, 2.24) is 9.97 Å². The number of aromatic hydroxyl groups is 1. The average molecular weight is 243 g/mol. The number of phenolic OH excluding ortho intramolecular Hbond substituents is 1. The Labute approximate surface area is 107 Å². The highest BCUT2D eigenvalue weighted by molar-refractivity contribution is 5.58. The van der Waals surface area contributed by atoms with E-state index in [4.69, 9.17) is 5.73 Å². The van der Waals surface area contributed by atoms with Crippen LogP contribution < -0.4 is 5.73 Å². The van der Waals surface area contributed by atoms with Gasteiger partial charge in [-0.15, -0.1) is 0 Å². The van der Waals surface area contributed by atoms with E-state index in [0.717, 1.165) is 17.7 Å². The molecule has 1 aromatic heterocycles. The monoisotopic (exact) mass is 243 g/mol. The summed E-state index contributed by atoms with van der Waals surface area (Å²) in [6, 6.07) is 8.60. The summed E-state index contributed by atoms with van der Waals surface area (Å²) in [6.45, 7) is 4.27. The van der Waals surface area contributed by atoms with Crippen molar-refractivity contribution < 1.29 is 5.11 Å². The Morgan fingerprint density at radius 2 is 1.83 bits per heavy atom. The van der Waals surface area contributed by atoms with Crippen molar-refractivity contribution in [3.05, 3.63) is 36.0 Å². The first kappa shape index (κ1) is 12.4. The Kier molecular flexibility index (Phi) is 3.46. The quantitative estimate of drug-likeness (QED) is 0.869. The number of hydrogen-bond acceptors (Lipinski definition) is 4. The lowest BCUT2D eigenvalue weighted by molar-refractivity contribution is 0.475. The van der Waals surface area contributed by atoms with E-state index in [0.29, 0.717) is 17.6 Å². The second-order valence-corrected chi connectivity index (χ2v) is 4.75. The molecule has 0 aliphatic carbocycles. The van der Waals surface area contributed by atoms with Crippen LogP contribution in [0.4, 0.5) is 5.82 Å². The Morgan fingerprint density at radius 1 is 1.17 bits per heavy atom. The van der Waals surface area contributed by atoms with E-state index < -0.39 is 0 Å². The molecule has 0 atom stereocenters. The number of aromatic nitrogens is 2. The number of phenols is 1. The molecule has 0 amide bonds. The van der Waals surface area contributed by atoms with Crippen molar-refractivity contribution in [3.8, 4) is 17.1 Å². The minimum Gasteiger partial charge on any atom is -0.508 e. The highest BCUT2D eigenvalue weighted by atomic mass is 16.3. The van der Waals surface area contributed by atoms with Crippen LogP contribution >= 0.6 is 0 Å². The number of hydrogen-bond donors (Lipinski definition) is 2. The van der Waals surface area contributed by atoms with Crippen LogP contribution in [0.5, 0.6) is 5.75 Å². The molecule has 0 aliphatic heterocycles. The molecule has 0 saturated heterocycles. The van der Waals surface area contributed by atoms with E-state index in [1.807, 2.05) is 6.07 Å². The summed E-state index contributed by atoms with van der Waals surface area (Å²) < 4.78 is 0. The summed E-state index contributed by atoms with van der Waals surface area (Å²) in [5.74, 6) is 1.83. The molecule has 0 fully saturated rings. The van der Waals surface area contributed by atoms with Crippen LogP contribution in [-0.4, -0.2) is 15.1 Å². The topological polar surface area (TPSA) is 72.0 Å². The van der Waals surface area contributed by atoms with Crippen molar-refractivity contribution in [2.45, 2.75) is 20.3 Å². The Hall–Kier alpha value is -2.10. The molecule has 0 radical (unpaired) electrons. The number of nitrogens with two attached hydrogens (primary N) is 1. The molecule has 0 bridgehead atoms. The molecule has 0 spiro atoms. The molecule has 4 nitrogen and oxygen atoms in total. The normalized spacial score (nSPS) is 10.8.